The van der Waals surface area contributed by atoms with Gasteiger partial charge in [-0.25, -0.2) is 4.79 Å². The van der Waals surface area contributed by atoms with Gasteiger partial charge in [-0.2, -0.15) is 0 Å². The highest BCUT2D eigenvalue weighted by molar-refractivity contribution is 5.96. The second kappa shape index (κ2) is 7.91. The molecule has 120 valence electrons. The van der Waals surface area contributed by atoms with Crippen LogP contribution in [0.4, 0.5) is 4.79 Å². The normalized spacial score (nSPS) is 20.2. The minimum absolute atomic E-state index is 0.107. The molecule has 1 aliphatic heterocycles. The Morgan fingerprint density at radius 2 is 2.09 bits per heavy atom. The molecule has 2 rings (SSSR count). The van der Waals surface area contributed by atoms with E-state index in [0.717, 1.165) is 5.56 Å². The Balaban J connectivity index is 1.76. The van der Waals surface area contributed by atoms with E-state index in [2.05, 4.69) is 10.6 Å². The maximum absolute atomic E-state index is 12.1. The van der Waals surface area contributed by atoms with E-state index < -0.39 is 6.03 Å². The Labute approximate surface area is 130 Å². The minimum Gasteiger partial charge on any atom is -0.376 e. The predicted octanol–water partition coefficient (Wildman–Crippen LogP) is 1.12. The van der Waals surface area contributed by atoms with Crippen LogP contribution < -0.4 is 10.6 Å². The van der Waals surface area contributed by atoms with Crippen LogP contribution in [0.1, 0.15) is 19.4 Å². The third-order valence-corrected chi connectivity index (χ3v) is 3.73. The van der Waals surface area contributed by atoms with E-state index in [1.165, 1.54) is 0 Å². The van der Waals surface area contributed by atoms with Gasteiger partial charge in [0.15, 0.2) is 0 Å². The van der Waals surface area contributed by atoms with Gasteiger partial charge in [0.25, 0.3) is 0 Å². The van der Waals surface area contributed by atoms with Crippen molar-refractivity contribution in [2.45, 2.75) is 32.5 Å². The number of carbonyl (C=O) groups is 2. The molecule has 1 aromatic rings. The molecule has 0 saturated carbocycles. The summed E-state index contributed by atoms with van der Waals surface area (Å²) in [6.07, 6.45) is 0.107. The van der Waals surface area contributed by atoms with Crippen LogP contribution in [0, 0.1) is 0 Å². The van der Waals surface area contributed by atoms with E-state index >= 15 is 0 Å². The van der Waals surface area contributed by atoms with Crippen molar-refractivity contribution in [2.75, 3.05) is 19.7 Å². The molecule has 1 saturated heterocycles. The summed E-state index contributed by atoms with van der Waals surface area (Å²) in [4.78, 5) is 25.9. The quantitative estimate of drug-likeness (QED) is 0.874. The number of carbonyl (C=O) groups excluding carboxylic acids is 2. The van der Waals surface area contributed by atoms with Crippen molar-refractivity contribution >= 4 is 11.9 Å². The number of rotatable bonds is 4. The van der Waals surface area contributed by atoms with Crippen LogP contribution in [0.3, 0.4) is 0 Å². The van der Waals surface area contributed by atoms with Crippen LogP contribution in [0.25, 0.3) is 0 Å². The van der Waals surface area contributed by atoms with Crippen molar-refractivity contribution in [3.8, 4) is 0 Å². The number of morpholine rings is 1. The minimum atomic E-state index is -0.470. The molecule has 2 atom stereocenters. The summed E-state index contributed by atoms with van der Waals surface area (Å²) in [5.74, 6) is -0.292. The van der Waals surface area contributed by atoms with Crippen molar-refractivity contribution in [1.82, 2.24) is 15.5 Å². The lowest BCUT2D eigenvalue weighted by molar-refractivity contribution is -0.127. The van der Waals surface area contributed by atoms with E-state index in [1.54, 1.807) is 6.92 Å². The van der Waals surface area contributed by atoms with Crippen LogP contribution in [0.2, 0.25) is 0 Å². The van der Waals surface area contributed by atoms with E-state index in [-0.39, 0.29) is 18.1 Å². The summed E-state index contributed by atoms with van der Waals surface area (Å²) in [7, 11) is 0. The van der Waals surface area contributed by atoms with Crippen molar-refractivity contribution in [2.24, 2.45) is 0 Å². The Morgan fingerprint density at radius 1 is 1.36 bits per heavy atom. The molecule has 0 aromatic heterocycles. The fourth-order valence-corrected chi connectivity index (χ4v) is 2.40. The van der Waals surface area contributed by atoms with E-state index in [0.29, 0.717) is 26.2 Å². The summed E-state index contributed by atoms with van der Waals surface area (Å²) < 4.78 is 5.45. The van der Waals surface area contributed by atoms with Gasteiger partial charge in [0.2, 0.25) is 5.91 Å². The number of amides is 3. The van der Waals surface area contributed by atoms with Crippen molar-refractivity contribution in [3.63, 3.8) is 0 Å². The zero-order chi connectivity index (χ0) is 15.9. The zero-order valence-electron chi connectivity index (χ0n) is 13.0. The number of ether oxygens (including phenoxy) is 1. The molecular formula is C16H23N3O3. The predicted molar refractivity (Wildman–Crippen MR) is 83.3 cm³/mol. The number of imide groups is 1. The van der Waals surface area contributed by atoms with E-state index in [1.807, 2.05) is 42.2 Å². The Kier molecular flexibility index (Phi) is 5.91. The smallest absolute Gasteiger partial charge is 0.321 e. The molecule has 1 fully saturated rings. The van der Waals surface area contributed by atoms with Gasteiger partial charge in [-0.15, -0.1) is 0 Å². The van der Waals surface area contributed by atoms with Gasteiger partial charge < -0.3 is 10.1 Å². The van der Waals surface area contributed by atoms with Crippen LogP contribution >= 0.6 is 0 Å². The molecule has 1 heterocycles. The summed E-state index contributed by atoms with van der Waals surface area (Å²) >= 11 is 0. The molecule has 6 nitrogen and oxygen atoms in total. The second-order valence-corrected chi connectivity index (χ2v) is 5.51. The Hall–Kier alpha value is -1.92. The van der Waals surface area contributed by atoms with Gasteiger partial charge in [0.05, 0.1) is 18.8 Å². The molecule has 22 heavy (non-hydrogen) atoms. The molecule has 3 amide bonds. The van der Waals surface area contributed by atoms with Crippen LogP contribution in [0.15, 0.2) is 30.3 Å². The molecule has 0 aliphatic carbocycles. The molecule has 0 radical (unpaired) electrons. The zero-order valence-corrected chi connectivity index (χ0v) is 13.0. The molecule has 0 bridgehead atoms. The molecule has 2 unspecified atom stereocenters. The summed E-state index contributed by atoms with van der Waals surface area (Å²) in [6.45, 7) is 6.17. The largest absolute Gasteiger partial charge is 0.376 e. The monoisotopic (exact) mass is 305 g/mol. The summed E-state index contributed by atoms with van der Waals surface area (Å²) in [5, 5.41) is 5.07. The van der Waals surface area contributed by atoms with Gasteiger partial charge in [-0.05, 0) is 19.4 Å². The molecule has 1 aromatic carbocycles. The third-order valence-electron chi connectivity index (χ3n) is 3.73. The van der Waals surface area contributed by atoms with Crippen LogP contribution in [0.5, 0.6) is 0 Å². The third kappa shape index (κ3) is 4.82. The summed E-state index contributed by atoms with van der Waals surface area (Å²) in [6, 6.07) is 8.73. The number of urea groups is 1. The average molecular weight is 305 g/mol. The molecule has 2 N–H and O–H groups in total. The lowest BCUT2D eigenvalue weighted by Gasteiger charge is -2.34. The first-order chi connectivity index (χ1) is 10.6. The maximum atomic E-state index is 12.1. The van der Waals surface area contributed by atoms with Crippen LogP contribution in [-0.2, 0) is 16.1 Å². The number of nitrogens with zero attached hydrogens (tertiary/aromatic N) is 1. The van der Waals surface area contributed by atoms with Crippen LogP contribution in [-0.4, -0.2) is 48.7 Å². The SMILES string of the molecule is CC1CN(C(C)C(=O)NC(=O)NCc2ccccc2)CCO1. The van der Waals surface area contributed by atoms with Crippen molar-refractivity contribution < 1.29 is 14.3 Å². The van der Waals surface area contributed by atoms with E-state index in [4.69, 9.17) is 4.74 Å². The van der Waals surface area contributed by atoms with Crippen molar-refractivity contribution in [1.29, 1.82) is 0 Å². The molecular weight excluding hydrogens is 282 g/mol. The first-order valence-electron chi connectivity index (χ1n) is 7.54. The standard InChI is InChI=1S/C16H23N3O3/c1-12-11-19(8-9-22-12)13(2)15(20)18-16(21)17-10-14-6-4-3-5-7-14/h3-7,12-13H,8-11H2,1-2H3,(H2,17,18,20,21). The number of benzene rings is 1. The highest BCUT2D eigenvalue weighted by Gasteiger charge is 2.26. The van der Waals surface area contributed by atoms with E-state index in [9.17, 15) is 9.59 Å². The highest BCUT2D eigenvalue weighted by Crippen LogP contribution is 2.08. The van der Waals surface area contributed by atoms with Gasteiger partial charge in [-0.3, -0.25) is 15.0 Å². The first kappa shape index (κ1) is 16.5. The maximum Gasteiger partial charge on any atom is 0.321 e. The average Bonchev–Trinajstić information content (AvgIpc) is 2.53. The van der Waals surface area contributed by atoms with Gasteiger partial charge in [0, 0.05) is 19.6 Å². The molecule has 0 spiro atoms. The highest BCUT2D eigenvalue weighted by atomic mass is 16.5. The number of hydrogen-bond donors (Lipinski definition) is 2. The summed E-state index contributed by atoms with van der Waals surface area (Å²) in [5.41, 5.74) is 0.986. The Morgan fingerprint density at radius 3 is 2.77 bits per heavy atom. The fourth-order valence-electron chi connectivity index (χ4n) is 2.40. The topological polar surface area (TPSA) is 70.7 Å². The molecule has 6 heteroatoms. The van der Waals surface area contributed by atoms with Gasteiger partial charge in [-0.1, -0.05) is 30.3 Å². The Bertz CT molecular complexity index is 507. The molecule has 1 aliphatic rings. The lowest BCUT2D eigenvalue weighted by atomic mass is 10.2. The lowest BCUT2D eigenvalue weighted by Crippen LogP contribution is -2.53. The second-order valence-electron chi connectivity index (χ2n) is 5.51. The first-order valence-corrected chi connectivity index (χ1v) is 7.54. The van der Waals surface area contributed by atoms with Gasteiger partial charge in [0.1, 0.15) is 0 Å². The number of hydrogen-bond acceptors (Lipinski definition) is 4. The van der Waals surface area contributed by atoms with Gasteiger partial charge >= 0.3 is 6.03 Å². The number of nitrogens with one attached hydrogen (secondary N) is 2. The fraction of sp³-hybridized carbons (Fsp3) is 0.500. The van der Waals surface area contributed by atoms with Crippen molar-refractivity contribution in [3.05, 3.63) is 35.9 Å².